The monoisotopic (exact) mass is 325 g/mol. The van der Waals surface area contributed by atoms with Gasteiger partial charge in [-0.25, -0.2) is 4.79 Å². The molecule has 0 amide bonds. The number of hydrogen-bond donors (Lipinski definition) is 4. The smallest absolute Gasteiger partial charge is 0.324 e. The molecule has 4 N–H and O–H groups in total. The highest BCUT2D eigenvalue weighted by Crippen LogP contribution is 2.17. The van der Waals surface area contributed by atoms with Gasteiger partial charge in [-0.3, -0.25) is 9.54 Å². The largest absolute Gasteiger partial charge is 0.349 e. The van der Waals surface area contributed by atoms with Crippen LogP contribution in [0.2, 0.25) is 0 Å². The lowest BCUT2D eigenvalue weighted by Gasteiger charge is -2.07. The first kappa shape index (κ1) is 16.1. The zero-order chi connectivity index (χ0) is 16.2. The highest BCUT2D eigenvalue weighted by atomic mass is 32.2. The molecule has 9 nitrogen and oxygen atoms in total. The van der Waals surface area contributed by atoms with Gasteiger partial charge in [0, 0.05) is 5.69 Å². The Morgan fingerprint density at radius 2 is 2.09 bits per heavy atom. The van der Waals surface area contributed by atoms with Crippen molar-refractivity contribution < 1.29 is 13.0 Å². The number of anilines is 2. The summed E-state index contributed by atoms with van der Waals surface area (Å²) in [4.78, 5) is 21.5. The molecule has 10 heteroatoms. The lowest BCUT2D eigenvalue weighted by Crippen LogP contribution is -2.22. The predicted molar refractivity (Wildman–Crippen MR) is 79.6 cm³/mol. The third-order valence-corrected chi connectivity index (χ3v) is 3.48. The van der Waals surface area contributed by atoms with E-state index in [-0.39, 0.29) is 10.8 Å². The van der Waals surface area contributed by atoms with Crippen LogP contribution in [0.5, 0.6) is 0 Å². The third-order valence-electron chi connectivity index (χ3n) is 2.63. The molecule has 0 bridgehead atoms. The van der Waals surface area contributed by atoms with Crippen molar-refractivity contribution in [3.05, 3.63) is 40.6 Å². The number of aromatic amines is 1. The van der Waals surface area contributed by atoms with Gasteiger partial charge in [0.25, 0.3) is 10.1 Å². The number of benzene rings is 1. The van der Waals surface area contributed by atoms with E-state index in [1.54, 1.807) is 6.07 Å². The Kier molecular flexibility index (Phi) is 4.85. The summed E-state index contributed by atoms with van der Waals surface area (Å²) in [6.07, 6.45) is 0. The fraction of sp³-hybridized carbons (Fsp3) is 0.250. The van der Waals surface area contributed by atoms with Gasteiger partial charge in [-0.15, -0.1) is 0 Å². The van der Waals surface area contributed by atoms with Crippen LogP contribution in [-0.4, -0.2) is 34.5 Å². The molecule has 2 rings (SSSR count). The highest BCUT2D eigenvalue weighted by molar-refractivity contribution is 7.85. The van der Waals surface area contributed by atoms with Crippen molar-refractivity contribution in [1.29, 1.82) is 0 Å². The minimum absolute atomic E-state index is 0.0316. The Hall–Kier alpha value is -2.30. The molecule has 0 aliphatic heterocycles. The molecular weight excluding hydrogens is 310 g/mol. The van der Waals surface area contributed by atoms with E-state index in [0.29, 0.717) is 24.6 Å². The molecule has 0 saturated heterocycles. The molecule has 1 aromatic heterocycles. The fourth-order valence-corrected chi connectivity index (χ4v) is 2.20. The molecule has 0 radical (unpaired) electrons. The summed E-state index contributed by atoms with van der Waals surface area (Å²) >= 11 is 0. The van der Waals surface area contributed by atoms with Crippen LogP contribution in [-0.2, 0) is 16.7 Å². The van der Waals surface area contributed by atoms with Gasteiger partial charge in [-0.2, -0.15) is 18.4 Å². The van der Waals surface area contributed by atoms with Gasteiger partial charge in [0.1, 0.15) is 5.82 Å². The van der Waals surface area contributed by atoms with Gasteiger partial charge >= 0.3 is 5.69 Å². The molecule has 0 aliphatic rings. The van der Waals surface area contributed by atoms with Gasteiger partial charge in [0.2, 0.25) is 5.95 Å². The molecule has 0 atom stereocenters. The minimum atomic E-state index is -4.30. The van der Waals surface area contributed by atoms with Gasteiger partial charge in [-0.1, -0.05) is 13.0 Å². The molecule has 0 spiro atoms. The first-order valence-electron chi connectivity index (χ1n) is 6.41. The summed E-state index contributed by atoms with van der Waals surface area (Å²) in [6, 6.07) is 5.46. The summed E-state index contributed by atoms with van der Waals surface area (Å²) in [5.41, 5.74) is -0.244. The number of aromatic nitrogens is 3. The number of hydrogen-bond acceptors (Lipinski definition) is 7. The van der Waals surface area contributed by atoms with E-state index in [2.05, 4.69) is 25.6 Å². The molecule has 1 aromatic carbocycles. The molecule has 0 saturated carbocycles. The number of H-pyrrole nitrogens is 1. The molecular formula is C12H15N5O4S. The van der Waals surface area contributed by atoms with Crippen LogP contribution in [0.1, 0.15) is 12.7 Å². The van der Waals surface area contributed by atoms with Crippen LogP contribution in [0, 0.1) is 0 Å². The van der Waals surface area contributed by atoms with E-state index in [9.17, 15) is 13.2 Å². The third kappa shape index (κ3) is 4.35. The molecule has 0 aliphatic carbocycles. The van der Waals surface area contributed by atoms with E-state index >= 15 is 0 Å². The van der Waals surface area contributed by atoms with Gasteiger partial charge in [-0.05, 0) is 24.7 Å². The number of rotatable bonds is 6. The van der Waals surface area contributed by atoms with Gasteiger partial charge < -0.3 is 10.6 Å². The zero-order valence-corrected chi connectivity index (χ0v) is 12.5. The van der Waals surface area contributed by atoms with Crippen molar-refractivity contribution in [2.24, 2.45) is 0 Å². The van der Waals surface area contributed by atoms with Crippen LogP contribution in [0.4, 0.5) is 11.6 Å². The maximum Gasteiger partial charge on any atom is 0.349 e. The van der Waals surface area contributed by atoms with Crippen LogP contribution >= 0.6 is 0 Å². The van der Waals surface area contributed by atoms with E-state index in [0.717, 1.165) is 0 Å². The van der Waals surface area contributed by atoms with E-state index < -0.39 is 15.8 Å². The Morgan fingerprint density at radius 1 is 1.32 bits per heavy atom. The van der Waals surface area contributed by atoms with Crippen molar-refractivity contribution in [3.63, 3.8) is 0 Å². The topological polar surface area (TPSA) is 137 Å². The lowest BCUT2D eigenvalue weighted by molar-refractivity contribution is 0.483. The van der Waals surface area contributed by atoms with Gasteiger partial charge in [0.15, 0.2) is 0 Å². The van der Waals surface area contributed by atoms with Crippen LogP contribution < -0.4 is 16.3 Å². The number of nitrogens with zero attached hydrogens (tertiary/aromatic N) is 2. The van der Waals surface area contributed by atoms with Crippen molar-refractivity contribution >= 4 is 21.8 Å². The Labute approximate surface area is 126 Å². The van der Waals surface area contributed by atoms with Crippen molar-refractivity contribution in [1.82, 2.24) is 20.3 Å². The molecule has 118 valence electrons. The van der Waals surface area contributed by atoms with E-state index in [1.807, 2.05) is 6.92 Å². The van der Waals surface area contributed by atoms with Crippen molar-refractivity contribution in [3.8, 4) is 0 Å². The zero-order valence-electron chi connectivity index (χ0n) is 11.7. The predicted octanol–water partition coefficient (Wildman–Crippen LogP) is 0.265. The van der Waals surface area contributed by atoms with Crippen LogP contribution in [0.25, 0.3) is 0 Å². The second-order valence-corrected chi connectivity index (χ2v) is 5.75. The highest BCUT2D eigenvalue weighted by Gasteiger charge is 2.10. The minimum Gasteiger partial charge on any atom is -0.324 e. The molecule has 0 unspecified atom stereocenters. The summed E-state index contributed by atoms with van der Waals surface area (Å²) in [7, 11) is -4.30. The average Bonchev–Trinajstić information content (AvgIpc) is 2.44. The molecule has 1 heterocycles. The first-order valence-corrected chi connectivity index (χ1v) is 7.85. The number of nitrogens with one attached hydrogen (secondary N) is 3. The normalized spacial score (nSPS) is 11.4. The van der Waals surface area contributed by atoms with Crippen molar-refractivity contribution in [2.75, 3.05) is 11.9 Å². The maximum atomic E-state index is 11.5. The second kappa shape index (κ2) is 6.64. The first-order chi connectivity index (χ1) is 10.4. The van der Waals surface area contributed by atoms with E-state index in [1.165, 1.54) is 18.2 Å². The quantitative estimate of drug-likeness (QED) is 0.555. The molecule has 2 aromatic rings. The summed E-state index contributed by atoms with van der Waals surface area (Å²) < 4.78 is 31.2. The SMILES string of the molecule is CCNCc1nc(Nc2cccc(S(=O)(=O)O)c2)nc(=O)[nH]1. The Bertz CT molecular complexity index is 818. The lowest BCUT2D eigenvalue weighted by atomic mass is 10.3. The van der Waals surface area contributed by atoms with Crippen LogP contribution in [0.15, 0.2) is 34.0 Å². The summed E-state index contributed by atoms with van der Waals surface area (Å²) in [6.45, 7) is 3.00. The average molecular weight is 325 g/mol. The molecule has 22 heavy (non-hydrogen) atoms. The standard InChI is InChI=1S/C12H15N5O4S/c1-2-13-7-10-15-11(17-12(18)16-10)14-8-4-3-5-9(6-8)22(19,20)21/h3-6,13H,2,7H2,1H3,(H,19,20,21)(H2,14,15,16,17,18). The fourth-order valence-electron chi connectivity index (χ4n) is 1.67. The second-order valence-electron chi connectivity index (χ2n) is 4.33. The maximum absolute atomic E-state index is 11.5. The van der Waals surface area contributed by atoms with E-state index in [4.69, 9.17) is 4.55 Å². The summed E-state index contributed by atoms with van der Waals surface area (Å²) in [5.74, 6) is 0.430. The van der Waals surface area contributed by atoms with Gasteiger partial charge in [0.05, 0.1) is 11.4 Å². The Morgan fingerprint density at radius 3 is 2.77 bits per heavy atom. The summed E-state index contributed by atoms with van der Waals surface area (Å²) in [5, 5.41) is 5.74. The Balaban J connectivity index is 2.27. The molecule has 0 fully saturated rings. The van der Waals surface area contributed by atoms with Crippen LogP contribution in [0.3, 0.4) is 0 Å². The van der Waals surface area contributed by atoms with Crippen molar-refractivity contribution in [2.45, 2.75) is 18.4 Å².